The number of hydrogen-bond donors (Lipinski definition) is 1. The summed E-state index contributed by atoms with van der Waals surface area (Å²) in [6.07, 6.45) is 4.47. The number of aryl methyl sites for hydroxylation is 1. The van der Waals surface area contributed by atoms with E-state index >= 15 is 0 Å². The predicted molar refractivity (Wildman–Crippen MR) is 107 cm³/mol. The molecule has 1 fully saturated rings. The molecule has 1 heterocycles. The van der Waals surface area contributed by atoms with Gasteiger partial charge in [0.2, 0.25) is 0 Å². The zero-order chi connectivity index (χ0) is 20.1. The van der Waals surface area contributed by atoms with Crippen molar-refractivity contribution in [3.8, 4) is 0 Å². The summed E-state index contributed by atoms with van der Waals surface area (Å²) >= 11 is 0. The minimum Gasteiger partial charge on any atom is -0.452 e. The molecule has 1 N–H and O–H groups in total. The largest absolute Gasteiger partial charge is 0.452 e. The van der Waals surface area contributed by atoms with Crippen LogP contribution in [-0.2, 0) is 16.1 Å². The predicted octanol–water partition coefficient (Wildman–Crippen LogP) is 3.40. The van der Waals surface area contributed by atoms with Crippen LogP contribution in [0, 0.1) is 19.8 Å². The SMILES string of the molecule is Cc1nn(Cc2ccccc2)c(C)c1C(=O)OCC(=O)NC1CCCCC1C. The lowest BCUT2D eigenvalue weighted by Crippen LogP contribution is -2.42. The molecule has 2 unspecified atom stereocenters. The average molecular weight is 383 g/mol. The minimum atomic E-state index is -0.499. The van der Waals surface area contributed by atoms with Gasteiger partial charge >= 0.3 is 5.97 Å². The number of carbonyl (C=O) groups excluding carboxylic acids is 2. The van der Waals surface area contributed by atoms with Gasteiger partial charge in [-0.25, -0.2) is 4.79 Å². The third kappa shape index (κ3) is 4.80. The van der Waals surface area contributed by atoms with Gasteiger partial charge in [-0.05, 0) is 38.2 Å². The number of nitrogens with zero attached hydrogens (tertiary/aromatic N) is 2. The normalized spacial score (nSPS) is 19.2. The van der Waals surface area contributed by atoms with E-state index in [-0.39, 0.29) is 18.6 Å². The van der Waals surface area contributed by atoms with Crippen LogP contribution in [0.1, 0.15) is 59.9 Å². The van der Waals surface area contributed by atoms with Gasteiger partial charge in [-0.2, -0.15) is 5.10 Å². The van der Waals surface area contributed by atoms with E-state index in [9.17, 15) is 9.59 Å². The second-order valence-corrected chi connectivity index (χ2v) is 7.70. The number of amides is 1. The van der Waals surface area contributed by atoms with E-state index in [1.165, 1.54) is 6.42 Å². The Labute approximate surface area is 166 Å². The fourth-order valence-electron chi connectivity index (χ4n) is 3.89. The van der Waals surface area contributed by atoms with E-state index in [2.05, 4.69) is 17.3 Å². The fourth-order valence-corrected chi connectivity index (χ4v) is 3.89. The molecule has 3 rings (SSSR count). The summed E-state index contributed by atoms with van der Waals surface area (Å²) in [5, 5.41) is 7.48. The molecule has 0 radical (unpaired) electrons. The van der Waals surface area contributed by atoms with Gasteiger partial charge < -0.3 is 10.1 Å². The first-order valence-electron chi connectivity index (χ1n) is 10.00. The first kappa shape index (κ1) is 20.1. The van der Waals surface area contributed by atoms with Gasteiger partial charge in [0.15, 0.2) is 6.61 Å². The second-order valence-electron chi connectivity index (χ2n) is 7.70. The molecule has 0 aliphatic heterocycles. The van der Waals surface area contributed by atoms with E-state index in [0.29, 0.717) is 23.7 Å². The third-order valence-electron chi connectivity index (χ3n) is 5.55. The molecule has 1 amide bonds. The van der Waals surface area contributed by atoms with Crippen LogP contribution in [0.25, 0.3) is 0 Å². The number of rotatable bonds is 6. The molecule has 1 saturated carbocycles. The Hall–Kier alpha value is -2.63. The van der Waals surface area contributed by atoms with Crippen LogP contribution in [0.3, 0.4) is 0 Å². The van der Waals surface area contributed by atoms with E-state index in [1.807, 2.05) is 37.3 Å². The van der Waals surface area contributed by atoms with Crippen molar-refractivity contribution < 1.29 is 14.3 Å². The topological polar surface area (TPSA) is 73.2 Å². The molecule has 0 spiro atoms. The lowest BCUT2D eigenvalue weighted by atomic mass is 9.86. The molecule has 6 heteroatoms. The van der Waals surface area contributed by atoms with Crippen molar-refractivity contribution in [2.24, 2.45) is 5.92 Å². The van der Waals surface area contributed by atoms with E-state index in [1.54, 1.807) is 11.6 Å². The minimum absolute atomic E-state index is 0.178. The van der Waals surface area contributed by atoms with Crippen LogP contribution in [-0.4, -0.2) is 34.3 Å². The van der Waals surface area contributed by atoms with Gasteiger partial charge in [0.05, 0.1) is 17.9 Å². The number of esters is 1. The molecule has 0 bridgehead atoms. The lowest BCUT2D eigenvalue weighted by molar-refractivity contribution is -0.125. The van der Waals surface area contributed by atoms with Gasteiger partial charge in [-0.3, -0.25) is 9.48 Å². The maximum atomic E-state index is 12.6. The highest BCUT2D eigenvalue weighted by molar-refractivity contribution is 5.93. The molecule has 2 aromatic rings. The average Bonchev–Trinajstić information content (AvgIpc) is 2.96. The van der Waals surface area contributed by atoms with Crippen LogP contribution in [0.4, 0.5) is 0 Å². The Bertz CT molecular complexity index is 829. The highest BCUT2D eigenvalue weighted by Gasteiger charge is 2.24. The fraction of sp³-hybridized carbons (Fsp3) is 0.500. The number of ether oxygens (including phenoxy) is 1. The second kappa shape index (κ2) is 9.04. The quantitative estimate of drug-likeness (QED) is 0.776. The van der Waals surface area contributed by atoms with Crippen LogP contribution < -0.4 is 5.32 Å². The molecule has 0 saturated heterocycles. The van der Waals surface area contributed by atoms with Gasteiger partial charge in [0.25, 0.3) is 5.91 Å². The van der Waals surface area contributed by atoms with Crippen molar-refractivity contribution in [1.29, 1.82) is 0 Å². The smallest absolute Gasteiger partial charge is 0.342 e. The van der Waals surface area contributed by atoms with E-state index < -0.39 is 5.97 Å². The van der Waals surface area contributed by atoms with Crippen molar-refractivity contribution in [2.75, 3.05) is 6.61 Å². The molecular weight excluding hydrogens is 354 g/mol. The van der Waals surface area contributed by atoms with Crippen molar-refractivity contribution in [1.82, 2.24) is 15.1 Å². The van der Waals surface area contributed by atoms with Crippen LogP contribution in [0.2, 0.25) is 0 Å². The van der Waals surface area contributed by atoms with E-state index in [0.717, 1.165) is 30.5 Å². The van der Waals surface area contributed by atoms with Crippen molar-refractivity contribution in [2.45, 2.75) is 59.0 Å². The molecular formula is C22H29N3O3. The highest BCUT2D eigenvalue weighted by Crippen LogP contribution is 2.23. The molecule has 1 aromatic heterocycles. The Morgan fingerprint density at radius 1 is 1.18 bits per heavy atom. The number of nitrogens with one attached hydrogen (secondary N) is 1. The van der Waals surface area contributed by atoms with Crippen molar-refractivity contribution in [3.63, 3.8) is 0 Å². The molecule has 2 atom stereocenters. The summed E-state index contributed by atoms with van der Waals surface area (Å²) in [6.45, 7) is 6.12. The lowest BCUT2D eigenvalue weighted by Gasteiger charge is -2.29. The van der Waals surface area contributed by atoms with Crippen LogP contribution in [0.5, 0.6) is 0 Å². The third-order valence-corrected chi connectivity index (χ3v) is 5.55. The Balaban J connectivity index is 1.59. The van der Waals surface area contributed by atoms with Gasteiger partial charge in [0.1, 0.15) is 5.56 Å². The Morgan fingerprint density at radius 3 is 2.61 bits per heavy atom. The zero-order valence-electron chi connectivity index (χ0n) is 16.9. The first-order valence-corrected chi connectivity index (χ1v) is 10.00. The summed E-state index contributed by atoms with van der Waals surface area (Å²) < 4.78 is 7.08. The maximum Gasteiger partial charge on any atom is 0.342 e. The molecule has 6 nitrogen and oxygen atoms in total. The zero-order valence-corrected chi connectivity index (χ0v) is 16.9. The summed E-state index contributed by atoms with van der Waals surface area (Å²) in [4.78, 5) is 24.8. The Kier molecular flexibility index (Phi) is 6.49. The first-order chi connectivity index (χ1) is 13.5. The number of hydrogen-bond acceptors (Lipinski definition) is 4. The molecule has 1 aliphatic rings. The number of aromatic nitrogens is 2. The molecule has 28 heavy (non-hydrogen) atoms. The highest BCUT2D eigenvalue weighted by atomic mass is 16.5. The molecule has 150 valence electrons. The van der Waals surface area contributed by atoms with Gasteiger partial charge in [-0.1, -0.05) is 50.1 Å². The maximum absolute atomic E-state index is 12.6. The summed E-state index contributed by atoms with van der Waals surface area (Å²) in [7, 11) is 0. The molecule has 1 aromatic carbocycles. The van der Waals surface area contributed by atoms with Crippen LogP contribution >= 0.6 is 0 Å². The summed E-state index contributed by atoms with van der Waals surface area (Å²) in [5.41, 5.74) is 2.90. The van der Waals surface area contributed by atoms with E-state index in [4.69, 9.17) is 4.74 Å². The van der Waals surface area contributed by atoms with Gasteiger partial charge in [-0.15, -0.1) is 0 Å². The summed E-state index contributed by atoms with van der Waals surface area (Å²) in [6, 6.07) is 10.1. The standard InChI is InChI=1S/C22H29N3O3/c1-15-9-7-8-12-19(15)23-20(26)14-28-22(27)21-16(2)24-25(17(21)3)13-18-10-5-4-6-11-18/h4-6,10-11,15,19H,7-9,12-14H2,1-3H3,(H,23,26). The molecule has 1 aliphatic carbocycles. The van der Waals surface area contributed by atoms with Gasteiger partial charge in [0, 0.05) is 6.04 Å². The summed E-state index contributed by atoms with van der Waals surface area (Å²) in [5.74, 6) is -0.269. The monoisotopic (exact) mass is 383 g/mol. The van der Waals surface area contributed by atoms with Crippen molar-refractivity contribution in [3.05, 3.63) is 52.8 Å². The van der Waals surface area contributed by atoms with Crippen LogP contribution in [0.15, 0.2) is 30.3 Å². The Morgan fingerprint density at radius 2 is 1.89 bits per heavy atom. The number of carbonyl (C=O) groups is 2. The number of benzene rings is 1. The van der Waals surface area contributed by atoms with Crippen molar-refractivity contribution >= 4 is 11.9 Å².